The normalized spacial score (nSPS) is 13.1. The van der Waals surface area contributed by atoms with E-state index in [0.29, 0.717) is 17.2 Å². The lowest BCUT2D eigenvalue weighted by Crippen LogP contribution is -2.41. The minimum Gasteiger partial charge on any atom is -0.495 e. The Balaban J connectivity index is 1.76. The summed E-state index contributed by atoms with van der Waals surface area (Å²) in [5.74, 6) is 0.454. The molecular weight excluding hydrogens is 308 g/mol. The molecule has 24 heavy (non-hydrogen) atoms. The minimum absolute atomic E-state index is 0.0371. The number of anilines is 2. The summed E-state index contributed by atoms with van der Waals surface area (Å²) in [6, 6.07) is 12.7. The molecule has 0 saturated carbocycles. The first-order valence-corrected chi connectivity index (χ1v) is 7.56. The van der Waals surface area contributed by atoms with E-state index in [4.69, 9.17) is 9.47 Å². The molecule has 1 amide bonds. The number of esters is 1. The number of para-hydroxylation sites is 2. The molecule has 1 N–H and O–H groups in total. The molecule has 0 radical (unpaired) electrons. The Morgan fingerprint density at radius 2 is 2.08 bits per heavy atom. The molecule has 0 bridgehead atoms. The molecule has 2 aromatic carbocycles. The van der Waals surface area contributed by atoms with Gasteiger partial charge in [0.25, 0.3) is 0 Å². The Bertz CT molecular complexity index is 788. The Hall–Kier alpha value is -3.02. The molecule has 6 nitrogen and oxygen atoms in total. The van der Waals surface area contributed by atoms with Crippen LogP contribution in [0.5, 0.6) is 11.5 Å². The van der Waals surface area contributed by atoms with E-state index in [0.717, 1.165) is 11.3 Å². The van der Waals surface area contributed by atoms with Crippen LogP contribution in [0.2, 0.25) is 0 Å². The van der Waals surface area contributed by atoms with Gasteiger partial charge in [-0.15, -0.1) is 0 Å². The van der Waals surface area contributed by atoms with Crippen LogP contribution in [-0.4, -0.2) is 32.1 Å². The van der Waals surface area contributed by atoms with E-state index >= 15 is 0 Å². The Labute approximate surface area is 140 Å². The number of hydrogen-bond acceptors (Lipinski definition) is 5. The first kappa shape index (κ1) is 15.9. The van der Waals surface area contributed by atoms with Crippen LogP contribution in [0.1, 0.15) is 5.56 Å². The van der Waals surface area contributed by atoms with Crippen LogP contribution < -0.4 is 19.7 Å². The molecule has 6 heteroatoms. The van der Waals surface area contributed by atoms with Crippen molar-refractivity contribution in [2.75, 3.05) is 30.4 Å². The van der Waals surface area contributed by atoms with Crippen molar-refractivity contribution in [3.63, 3.8) is 0 Å². The van der Waals surface area contributed by atoms with Gasteiger partial charge in [0.2, 0.25) is 5.91 Å². The topological polar surface area (TPSA) is 67.9 Å². The predicted octanol–water partition coefficient (Wildman–Crippen LogP) is 2.37. The number of nitrogens with zero attached hydrogens (tertiary/aromatic N) is 1. The van der Waals surface area contributed by atoms with Gasteiger partial charge in [0.15, 0.2) is 5.75 Å². The Kier molecular flexibility index (Phi) is 4.37. The molecule has 0 atom stereocenters. The maximum atomic E-state index is 12.4. The second-order valence-electron chi connectivity index (χ2n) is 5.55. The Morgan fingerprint density at radius 1 is 1.29 bits per heavy atom. The van der Waals surface area contributed by atoms with Crippen molar-refractivity contribution in [1.82, 2.24) is 0 Å². The third-order valence-corrected chi connectivity index (χ3v) is 3.72. The second-order valence-corrected chi connectivity index (χ2v) is 5.55. The smallest absolute Gasteiger partial charge is 0.331 e. The number of carbonyl (C=O) groups excluding carboxylic acids is 2. The molecular formula is C18H18N2O4. The number of benzene rings is 2. The molecule has 124 valence electrons. The van der Waals surface area contributed by atoms with Gasteiger partial charge in [-0.3, -0.25) is 4.79 Å². The fourth-order valence-electron chi connectivity index (χ4n) is 2.61. The largest absolute Gasteiger partial charge is 0.495 e. The highest BCUT2D eigenvalue weighted by molar-refractivity contribution is 5.97. The number of hydrogen-bond donors (Lipinski definition) is 1. The fraction of sp³-hybridized carbons (Fsp3) is 0.222. The summed E-state index contributed by atoms with van der Waals surface area (Å²) in [5, 5.41) is 2.81. The Morgan fingerprint density at radius 3 is 2.88 bits per heavy atom. The average Bonchev–Trinajstić information content (AvgIpc) is 2.54. The van der Waals surface area contributed by atoms with E-state index in [2.05, 4.69) is 5.32 Å². The number of aryl methyl sites for hydroxylation is 1. The van der Waals surface area contributed by atoms with E-state index in [1.807, 2.05) is 31.2 Å². The van der Waals surface area contributed by atoms with Crippen LogP contribution >= 0.6 is 0 Å². The van der Waals surface area contributed by atoms with Crippen LogP contribution in [0.15, 0.2) is 42.5 Å². The van der Waals surface area contributed by atoms with Crippen molar-refractivity contribution in [3.05, 3.63) is 48.0 Å². The van der Waals surface area contributed by atoms with Gasteiger partial charge in [0, 0.05) is 0 Å². The summed E-state index contributed by atoms with van der Waals surface area (Å²) >= 11 is 0. The number of nitrogens with one attached hydrogen (secondary N) is 1. The van der Waals surface area contributed by atoms with E-state index in [1.54, 1.807) is 30.2 Å². The van der Waals surface area contributed by atoms with E-state index in [-0.39, 0.29) is 25.0 Å². The molecule has 0 aromatic heterocycles. The van der Waals surface area contributed by atoms with Crippen LogP contribution in [-0.2, 0) is 9.59 Å². The van der Waals surface area contributed by atoms with E-state index < -0.39 is 0 Å². The third kappa shape index (κ3) is 3.32. The third-order valence-electron chi connectivity index (χ3n) is 3.72. The van der Waals surface area contributed by atoms with Gasteiger partial charge in [0.05, 0.1) is 25.0 Å². The lowest BCUT2D eigenvalue weighted by Gasteiger charge is -2.29. The maximum absolute atomic E-state index is 12.4. The molecule has 3 rings (SSSR count). The predicted molar refractivity (Wildman–Crippen MR) is 90.7 cm³/mol. The van der Waals surface area contributed by atoms with Gasteiger partial charge in [0.1, 0.15) is 12.3 Å². The van der Waals surface area contributed by atoms with Crippen LogP contribution in [0.4, 0.5) is 11.4 Å². The van der Waals surface area contributed by atoms with Crippen molar-refractivity contribution >= 4 is 23.3 Å². The molecule has 1 aliphatic heterocycles. The molecule has 0 saturated heterocycles. The molecule has 0 unspecified atom stereocenters. The molecule has 1 aliphatic rings. The zero-order chi connectivity index (χ0) is 17.1. The van der Waals surface area contributed by atoms with Gasteiger partial charge >= 0.3 is 5.97 Å². The van der Waals surface area contributed by atoms with Gasteiger partial charge in [-0.2, -0.15) is 0 Å². The maximum Gasteiger partial charge on any atom is 0.331 e. The summed E-state index contributed by atoms with van der Waals surface area (Å²) in [6.45, 7) is 2.00. The zero-order valence-electron chi connectivity index (χ0n) is 13.5. The van der Waals surface area contributed by atoms with Crippen molar-refractivity contribution in [1.29, 1.82) is 0 Å². The van der Waals surface area contributed by atoms with Crippen molar-refractivity contribution in [2.24, 2.45) is 0 Å². The number of fused-ring (bicyclic) bond motifs is 1. The second kappa shape index (κ2) is 6.62. The highest BCUT2D eigenvalue weighted by Gasteiger charge is 2.25. The number of amides is 1. The van der Waals surface area contributed by atoms with Crippen molar-refractivity contribution < 1.29 is 19.1 Å². The number of ether oxygens (including phenoxy) is 2. The first-order valence-electron chi connectivity index (χ1n) is 7.56. The monoisotopic (exact) mass is 326 g/mol. The van der Waals surface area contributed by atoms with Crippen molar-refractivity contribution in [3.8, 4) is 11.5 Å². The molecule has 2 aromatic rings. The molecule has 0 spiro atoms. The summed E-state index contributed by atoms with van der Waals surface area (Å²) < 4.78 is 10.5. The standard InChI is InChI=1S/C18H18N2O4/c1-12-7-8-14-16(9-12)24-18(22)11-20(14)10-17(21)19-13-5-3-4-6-15(13)23-2/h3-9H,10-11H2,1-2H3,(H,19,21). The van der Waals surface area contributed by atoms with Gasteiger partial charge < -0.3 is 19.7 Å². The molecule has 1 heterocycles. The van der Waals surface area contributed by atoms with Crippen LogP contribution in [0.25, 0.3) is 0 Å². The number of rotatable bonds is 4. The van der Waals surface area contributed by atoms with Crippen LogP contribution in [0, 0.1) is 6.92 Å². The lowest BCUT2D eigenvalue weighted by atomic mass is 10.1. The van der Waals surface area contributed by atoms with E-state index in [1.165, 1.54) is 0 Å². The highest BCUT2D eigenvalue weighted by atomic mass is 16.5. The van der Waals surface area contributed by atoms with Gasteiger partial charge in [-0.05, 0) is 36.8 Å². The average molecular weight is 326 g/mol. The minimum atomic E-state index is -0.377. The van der Waals surface area contributed by atoms with Gasteiger partial charge in [-0.1, -0.05) is 18.2 Å². The van der Waals surface area contributed by atoms with Gasteiger partial charge in [-0.25, -0.2) is 4.79 Å². The lowest BCUT2D eigenvalue weighted by molar-refractivity contribution is -0.133. The van der Waals surface area contributed by atoms with Crippen LogP contribution in [0.3, 0.4) is 0 Å². The number of methoxy groups -OCH3 is 1. The van der Waals surface area contributed by atoms with Crippen molar-refractivity contribution in [2.45, 2.75) is 6.92 Å². The highest BCUT2D eigenvalue weighted by Crippen LogP contribution is 2.32. The number of carbonyl (C=O) groups is 2. The zero-order valence-corrected chi connectivity index (χ0v) is 13.5. The van der Waals surface area contributed by atoms with E-state index in [9.17, 15) is 9.59 Å². The quantitative estimate of drug-likeness (QED) is 0.690. The summed E-state index contributed by atoms with van der Waals surface area (Å²) in [5.41, 5.74) is 2.31. The summed E-state index contributed by atoms with van der Waals surface area (Å²) in [6.07, 6.45) is 0. The summed E-state index contributed by atoms with van der Waals surface area (Å²) in [4.78, 5) is 25.8. The first-order chi connectivity index (χ1) is 11.6. The SMILES string of the molecule is COc1ccccc1NC(=O)CN1CC(=O)Oc2cc(C)ccc21. The fourth-order valence-corrected chi connectivity index (χ4v) is 2.61. The molecule has 0 fully saturated rings. The molecule has 0 aliphatic carbocycles. The summed E-state index contributed by atoms with van der Waals surface area (Å²) in [7, 11) is 1.55.